The van der Waals surface area contributed by atoms with Gasteiger partial charge >= 0.3 is 25.8 Å². The van der Waals surface area contributed by atoms with E-state index in [1.807, 2.05) is 0 Å². The molecule has 128 valence electrons. The fraction of sp³-hybridized carbons (Fsp3) is 1.00. The Bertz CT molecular complexity index is 372. The first-order chi connectivity index (χ1) is 9.33. The van der Waals surface area contributed by atoms with E-state index in [0.29, 0.717) is 0 Å². The zero-order valence-corrected chi connectivity index (χ0v) is 11.9. The third-order valence-electron chi connectivity index (χ3n) is 1.96. The fourth-order valence-electron chi connectivity index (χ4n) is 0.931. The highest BCUT2D eigenvalue weighted by Crippen LogP contribution is 2.53. The SMILES string of the molecule is CCCOP(=O)(OCC)OCC(F)(F)C(F)(F)C(F)(F)F. The molecule has 0 heterocycles. The summed E-state index contributed by atoms with van der Waals surface area (Å²) in [5.41, 5.74) is 0. The molecule has 0 bridgehead atoms. The number of rotatable bonds is 9. The van der Waals surface area contributed by atoms with Gasteiger partial charge in [-0.3, -0.25) is 13.6 Å². The molecule has 0 saturated carbocycles. The molecule has 0 aliphatic rings. The van der Waals surface area contributed by atoms with Crippen LogP contribution in [0.15, 0.2) is 0 Å². The molecule has 0 N–H and O–H groups in total. The Hall–Kier alpha value is -0.380. The highest BCUT2D eigenvalue weighted by Gasteiger charge is 2.73. The van der Waals surface area contributed by atoms with Crippen LogP contribution in [-0.4, -0.2) is 37.8 Å². The van der Waals surface area contributed by atoms with Crippen LogP contribution in [0, 0.1) is 0 Å². The van der Waals surface area contributed by atoms with Crippen molar-refractivity contribution in [1.82, 2.24) is 0 Å². The van der Waals surface area contributed by atoms with Gasteiger partial charge in [0.25, 0.3) is 0 Å². The van der Waals surface area contributed by atoms with Gasteiger partial charge in [-0.25, -0.2) is 4.57 Å². The van der Waals surface area contributed by atoms with Gasteiger partial charge < -0.3 is 0 Å². The summed E-state index contributed by atoms with van der Waals surface area (Å²) in [6.07, 6.45) is -6.23. The zero-order valence-electron chi connectivity index (χ0n) is 11.1. The van der Waals surface area contributed by atoms with Gasteiger partial charge in [0.05, 0.1) is 13.2 Å². The topological polar surface area (TPSA) is 44.8 Å². The fourth-order valence-corrected chi connectivity index (χ4v) is 2.20. The molecule has 1 atom stereocenters. The van der Waals surface area contributed by atoms with Crippen LogP contribution in [0.25, 0.3) is 0 Å². The Morgan fingerprint density at radius 3 is 1.81 bits per heavy atom. The highest BCUT2D eigenvalue weighted by atomic mass is 31.2. The molecule has 4 nitrogen and oxygen atoms in total. The molecular formula is C9H14F7O4P. The van der Waals surface area contributed by atoms with Crippen LogP contribution in [0.5, 0.6) is 0 Å². The zero-order chi connectivity index (χ0) is 16.9. The highest BCUT2D eigenvalue weighted by molar-refractivity contribution is 7.48. The van der Waals surface area contributed by atoms with Gasteiger partial charge in [-0.2, -0.15) is 30.7 Å². The maximum absolute atomic E-state index is 13.0. The van der Waals surface area contributed by atoms with Crippen molar-refractivity contribution in [3.63, 3.8) is 0 Å². The van der Waals surface area contributed by atoms with Gasteiger partial charge in [0.1, 0.15) is 6.61 Å². The summed E-state index contributed by atoms with van der Waals surface area (Å²) in [6.45, 7) is -0.280. The van der Waals surface area contributed by atoms with Gasteiger partial charge in [0.15, 0.2) is 0 Å². The molecule has 0 aliphatic carbocycles. The van der Waals surface area contributed by atoms with E-state index in [1.165, 1.54) is 6.92 Å². The maximum Gasteiger partial charge on any atom is 0.474 e. The van der Waals surface area contributed by atoms with Crippen LogP contribution in [0.1, 0.15) is 20.3 Å². The lowest BCUT2D eigenvalue weighted by Crippen LogP contribution is -2.54. The van der Waals surface area contributed by atoms with Crippen LogP contribution in [0.3, 0.4) is 0 Å². The van der Waals surface area contributed by atoms with Crippen LogP contribution in [0.2, 0.25) is 0 Å². The first-order valence-corrected chi connectivity index (χ1v) is 7.15. The largest absolute Gasteiger partial charge is 0.474 e. The quantitative estimate of drug-likeness (QED) is 0.457. The van der Waals surface area contributed by atoms with E-state index < -0.39 is 32.5 Å². The molecule has 0 aliphatic heterocycles. The van der Waals surface area contributed by atoms with E-state index in [1.54, 1.807) is 6.92 Å². The predicted octanol–water partition coefficient (Wildman–Crippen LogP) is 4.41. The first-order valence-electron chi connectivity index (χ1n) is 5.69. The summed E-state index contributed by atoms with van der Waals surface area (Å²) < 4.78 is 111. The molecular weight excluding hydrogens is 336 g/mol. The number of phosphoric ester groups is 1. The third-order valence-corrected chi connectivity index (χ3v) is 3.48. The van der Waals surface area contributed by atoms with Crippen molar-refractivity contribution in [1.29, 1.82) is 0 Å². The summed E-state index contributed by atoms with van der Waals surface area (Å²) in [4.78, 5) is 0. The maximum atomic E-state index is 13.0. The minimum Gasteiger partial charge on any atom is -0.287 e. The van der Waals surface area contributed by atoms with Gasteiger partial charge in [-0.05, 0) is 13.3 Å². The number of hydrogen-bond acceptors (Lipinski definition) is 4. The third kappa shape index (κ3) is 5.39. The van der Waals surface area contributed by atoms with Crippen molar-refractivity contribution >= 4 is 7.82 Å². The summed E-state index contributed by atoms with van der Waals surface area (Å²) in [5, 5.41) is 0. The van der Waals surface area contributed by atoms with Crippen LogP contribution in [0.4, 0.5) is 30.7 Å². The second-order valence-corrected chi connectivity index (χ2v) is 5.42. The average molecular weight is 350 g/mol. The smallest absolute Gasteiger partial charge is 0.287 e. The minimum absolute atomic E-state index is 0.259. The van der Waals surface area contributed by atoms with Crippen LogP contribution >= 0.6 is 7.82 Å². The minimum atomic E-state index is -6.49. The average Bonchev–Trinajstić information content (AvgIpc) is 2.33. The predicted molar refractivity (Wildman–Crippen MR) is 57.4 cm³/mol. The molecule has 0 fully saturated rings. The van der Waals surface area contributed by atoms with Crippen molar-refractivity contribution in [2.75, 3.05) is 19.8 Å². The van der Waals surface area contributed by atoms with Crippen molar-refractivity contribution in [3.05, 3.63) is 0 Å². The van der Waals surface area contributed by atoms with E-state index in [-0.39, 0.29) is 19.6 Å². The molecule has 0 aromatic carbocycles. The van der Waals surface area contributed by atoms with Gasteiger partial charge in [-0.1, -0.05) is 6.92 Å². The van der Waals surface area contributed by atoms with Gasteiger partial charge in [0.2, 0.25) is 0 Å². The summed E-state index contributed by atoms with van der Waals surface area (Å²) in [7, 11) is -4.63. The van der Waals surface area contributed by atoms with Crippen molar-refractivity contribution in [2.45, 2.75) is 38.3 Å². The van der Waals surface area contributed by atoms with E-state index in [9.17, 15) is 35.3 Å². The first kappa shape index (κ1) is 20.6. The molecule has 0 aromatic rings. The number of halogens is 7. The molecule has 21 heavy (non-hydrogen) atoms. The van der Waals surface area contributed by atoms with Crippen molar-refractivity contribution in [2.24, 2.45) is 0 Å². The van der Waals surface area contributed by atoms with Crippen LogP contribution < -0.4 is 0 Å². The lowest BCUT2D eigenvalue weighted by molar-refractivity contribution is -0.358. The van der Waals surface area contributed by atoms with E-state index in [0.717, 1.165) is 0 Å². The standard InChI is InChI=1S/C9H14F7O4P/c1-3-5-19-21(17,18-4-2)20-6-7(10,11)8(12,13)9(14,15)16/h3-6H2,1-2H3. The Kier molecular flexibility index (Phi) is 7.12. The van der Waals surface area contributed by atoms with Crippen molar-refractivity contribution < 1.29 is 48.9 Å². The second-order valence-electron chi connectivity index (χ2n) is 3.75. The molecule has 0 saturated heterocycles. The normalized spacial score (nSPS) is 16.8. The Morgan fingerprint density at radius 1 is 0.905 bits per heavy atom. The van der Waals surface area contributed by atoms with E-state index in [4.69, 9.17) is 0 Å². The molecule has 1 unspecified atom stereocenters. The Labute approximate surface area is 116 Å². The monoisotopic (exact) mass is 350 g/mol. The van der Waals surface area contributed by atoms with Crippen molar-refractivity contribution in [3.8, 4) is 0 Å². The van der Waals surface area contributed by atoms with E-state index >= 15 is 0 Å². The molecule has 0 aromatic heterocycles. The number of alkyl halides is 7. The molecule has 0 spiro atoms. The Balaban J connectivity index is 4.97. The molecule has 0 amide bonds. The molecule has 12 heteroatoms. The van der Waals surface area contributed by atoms with E-state index in [2.05, 4.69) is 13.6 Å². The molecule has 0 radical (unpaired) electrons. The lowest BCUT2D eigenvalue weighted by Gasteiger charge is -2.28. The lowest BCUT2D eigenvalue weighted by atomic mass is 10.2. The number of hydrogen-bond donors (Lipinski definition) is 0. The van der Waals surface area contributed by atoms with Gasteiger partial charge in [0, 0.05) is 0 Å². The number of phosphoric acid groups is 1. The second kappa shape index (κ2) is 7.26. The van der Waals surface area contributed by atoms with Gasteiger partial charge in [-0.15, -0.1) is 0 Å². The summed E-state index contributed by atoms with van der Waals surface area (Å²) in [6, 6.07) is 0. The Morgan fingerprint density at radius 2 is 1.43 bits per heavy atom. The summed E-state index contributed by atoms with van der Waals surface area (Å²) >= 11 is 0. The summed E-state index contributed by atoms with van der Waals surface area (Å²) in [5.74, 6) is -12.0. The molecule has 0 rings (SSSR count). The van der Waals surface area contributed by atoms with Crippen LogP contribution in [-0.2, 0) is 18.1 Å².